The van der Waals surface area contributed by atoms with Gasteiger partial charge in [-0.25, -0.2) is 8.42 Å². The summed E-state index contributed by atoms with van der Waals surface area (Å²) in [6.07, 6.45) is 2.05. The average molecular weight is 391 g/mol. The fourth-order valence-electron chi connectivity index (χ4n) is 4.32. The Bertz CT molecular complexity index is 846. The third-order valence-electron chi connectivity index (χ3n) is 5.82. The number of piperazine rings is 1. The topological polar surface area (TPSA) is 78.0 Å². The molecule has 0 aliphatic carbocycles. The largest absolute Gasteiger partial charge is 0.336 e. The van der Waals surface area contributed by atoms with E-state index in [1.807, 2.05) is 23.1 Å². The molecule has 146 valence electrons. The minimum absolute atomic E-state index is 0.0519. The number of hydrogen-bond acceptors (Lipinski definition) is 5. The Morgan fingerprint density at radius 1 is 1.04 bits per heavy atom. The van der Waals surface area contributed by atoms with Crippen molar-refractivity contribution in [3.8, 4) is 0 Å². The van der Waals surface area contributed by atoms with Crippen LogP contribution in [0.3, 0.4) is 0 Å². The molecule has 0 aromatic heterocycles. The summed E-state index contributed by atoms with van der Waals surface area (Å²) in [7, 11) is -2.90. The van der Waals surface area contributed by atoms with Crippen LogP contribution in [0.25, 0.3) is 0 Å². The minimum Gasteiger partial charge on any atom is -0.336 e. The molecule has 0 saturated carbocycles. The Morgan fingerprint density at radius 2 is 1.78 bits per heavy atom. The summed E-state index contributed by atoms with van der Waals surface area (Å²) in [5, 5.41) is 0. The molecular formula is C19H25N3O4S. The maximum atomic E-state index is 13.1. The Balaban J connectivity index is 1.44. The van der Waals surface area contributed by atoms with Gasteiger partial charge in [0.2, 0.25) is 5.91 Å². The number of carbonyl (C=O) groups is 2. The third-order valence-corrected chi connectivity index (χ3v) is 7.58. The van der Waals surface area contributed by atoms with Crippen LogP contribution in [0, 0.1) is 0 Å². The van der Waals surface area contributed by atoms with Gasteiger partial charge in [-0.05, 0) is 25.0 Å². The number of para-hydroxylation sites is 1. The Kier molecular flexibility index (Phi) is 4.94. The van der Waals surface area contributed by atoms with Crippen molar-refractivity contribution in [1.29, 1.82) is 0 Å². The number of hydrogen-bond donors (Lipinski definition) is 0. The molecule has 3 aliphatic rings. The first-order chi connectivity index (χ1) is 12.9. The highest BCUT2D eigenvalue weighted by Gasteiger charge is 2.35. The number of nitrogens with zero attached hydrogens (tertiary/aromatic N) is 3. The Labute approximate surface area is 159 Å². The normalized spacial score (nSPS) is 25.9. The van der Waals surface area contributed by atoms with E-state index < -0.39 is 9.84 Å². The SMILES string of the molecule is O=C(c1ccccc1N1CCCC1=O)N1CCN(C2CCS(=O)(=O)C2)CC1. The highest BCUT2D eigenvalue weighted by atomic mass is 32.2. The van der Waals surface area contributed by atoms with Crippen LogP contribution in [0.5, 0.6) is 0 Å². The summed E-state index contributed by atoms with van der Waals surface area (Å²) in [6.45, 7) is 3.20. The van der Waals surface area contributed by atoms with Crippen LogP contribution in [0.1, 0.15) is 29.6 Å². The van der Waals surface area contributed by atoms with E-state index in [-0.39, 0.29) is 29.4 Å². The molecule has 1 aromatic carbocycles. The highest BCUT2D eigenvalue weighted by Crippen LogP contribution is 2.27. The van der Waals surface area contributed by atoms with Gasteiger partial charge in [0.25, 0.3) is 5.91 Å². The zero-order chi connectivity index (χ0) is 19.0. The van der Waals surface area contributed by atoms with Crippen molar-refractivity contribution in [2.24, 2.45) is 0 Å². The summed E-state index contributed by atoms with van der Waals surface area (Å²) in [5.41, 5.74) is 1.28. The van der Waals surface area contributed by atoms with Gasteiger partial charge < -0.3 is 9.80 Å². The van der Waals surface area contributed by atoms with E-state index in [0.29, 0.717) is 56.8 Å². The maximum absolute atomic E-state index is 13.1. The molecule has 7 nitrogen and oxygen atoms in total. The average Bonchev–Trinajstić information content (AvgIpc) is 3.26. The lowest BCUT2D eigenvalue weighted by atomic mass is 10.1. The van der Waals surface area contributed by atoms with Gasteiger partial charge in [-0.2, -0.15) is 0 Å². The predicted molar refractivity (Wildman–Crippen MR) is 103 cm³/mol. The van der Waals surface area contributed by atoms with E-state index in [1.54, 1.807) is 11.0 Å². The first kappa shape index (κ1) is 18.4. The van der Waals surface area contributed by atoms with Gasteiger partial charge in [-0.1, -0.05) is 12.1 Å². The molecular weight excluding hydrogens is 366 g/mol. The number of benzene rings is 1. The van der Waals surface area contributed by atoms with E-state index in [0.717, 1.165) is 6.42 Å². The summed E-state index contributed by atoms with van der Waals surface area (Å²) in [5.74, 6) is 0.529. The number of sulfone groups is 1. The molecule has 0 spiro atoms. The van der Waals surface area contributed by atoms with E-state index >= 15 is 0 Å². The van der Waals surface area contributed by atoms with Crippen molar-refractivity contribution < 1.29 is 18.0 Å². The summed E-state index contributed by atoms with van der Waals surface area (Å²) >= 11 is 0. The fraction of sp³-hybridized carbons (Fsp3) is 0.579. The fourth-order valence-corrected chi connectivity index (χ4v) is 6.08. The quantitative estimate of drug-likeness (QED) is 0.760. The zero-order valence-electron chi connectivity index (χ0n) is 15.3. The predicted octanol–water partition coefficient (Wildman–Crippen LogP) is 0.758. The first-order valence-corrected chi connectivity index (χ1v) is 11.4. The van der Waals surface area contributed by atoms with Gasteiger partial charge in [0, 0.05) is 45.2 Å². The molecule has 1 aromatic rings. The van der Waals surface area contributed by atoms with Crippen LogP contribution in [0.4, 0.5) is 5.69 Å². The van der Waals surface area contributed by atoms with Crippen molar-refractivity contribution in [3.63, 3.8) is 0 Å². The third kappa shape index (κ3) is 3.73. The maximum Gasteiger partial charge on any atom is 0.256 e. The van der Waals surface area contributed by atoms with Crippen LogP contribution in [-0.4, -0.2) is 80.3 Å². The van der Waals surface area contributed by atoms with Gasteiger partial charge in [-0.3, -0.25) is 14.5 Å². The smallest absolute Gasteiger partial charge is 0.256 e. The lowest BCUT2D eigenvalue weighted by Gasteiger charge is -2.38. The summed E-state index contributed by atoms with van der Waals surface area (Å²) in [6, 6.07) is 7.41. The van der Waals surface area contributed by atoms with E-state index in [2.05, 4.69) is 4.90 Å². The van der Waals surface area contributed by atoms with Gasteiger partial charge >= 0.3 is 0 Å². The lowest BCUT2D eigenvalue weighted by Crippen LogP contribution is -2.52. The van der Waals surface area contributed by atoms with Gasteiger partial charge in [0.15, 0.2) is 9.84 Å². The number of anilines is 1. The van der Waals surface area contributed by atoms with Crippen molar-refractivity contribution in [2.45, 2.75) is 25.3 Å². The van der Waals surface area contributed by atoms with Crippen molar-refractivity contribution in [1.82, 2.24) is 9.80 Å². The number of carbonyl (C=O) groups excluding carboxylic acids is 2. The van der Waals surface area contributed by atoms with Gasteiger partial charge in [0.05, 0.1) is 22.8 Å². The summed E-state index contributed by atoms with van der Waals surface area (Å²) < 4.78 is 23.4. The van der Waals surface area contributed by atoms with E-state index in [1.165, 1.54) is 0 Å². The molecule has 3 saturated heterocycles. The second-order valence-corrected chi connectivity index (χ2v) is 9.78. The second-order valence-electron chi connectivity index (χ2n) is 7.55. The molecule has 8 heteroatoms. The monoisotopic (exact) mass is 391 g/mol. The van der Waals surface area contributed by atoms with Crippen molar-refractivity contribution in [3.05, 3.63) is 29.8 Å². The van der Waals surface area contributed by atoms with Gasteiger partial charge in [0.1, 0.15) is 0 Å². The molecule has 3 heterocycles. The molecule has 3 fully saturated rings. The first-order valence-electron chi connectivity index (χ1n) is 9.58. The molecule has 4 rings (SSSR count). The standard InChI is InChI=1S/C19H25N3O4S/c23-18-6-3-8-22(18)17-5-2-1-4-16(17)19(24)21-11-9-20(10-12-21)15-7-13-27(25,26)14-15/h1-2,4-5,15H,3,6-14H2. The second kappa shape index (κ2) is 7.24. The van der Waals surface area contributed by atoms with Gasteiger partial charge in [-0.15, -0.1) is 0 Å². The van der Waals surface area contributed by atoms with Crippen molar-refractivity contribution >= 4 is 27.3 Å². The molecule has 0 N–H and O–H groups in total. The van der Waals surface area contributed by atoms with Crippen LogP contribution in [0.15, 0.2) is 24.3 Å². The van der Waals surface area contributed by atoms with Crippen LogP contribution in [0.2, 0.25) is 0 Å². The molecule has 0 radical (unpaired) electrons. The van der Waals surface area contributed by atoms with E-state index in [9.17, 15) is 18.0 Å². The summed E-state index contributed by atoms with van der Waals surface area (Å²) in [4.78, 5) is 30.9. The lowest BCUT2D eigenvalue weighted by molar-refractivity contribution is -0.117. The Hall–Kier alpha value is -1.93. The highest BCUT2D eigenvalue weighted by molar-refractivity contribution is 7.91. The van der Waals surface area contributed by atoms with Crippen molar-refractivity contribution in [2.75, 3.05) is 49.1 Å². The molecule has 27 heavy (non-hydrogen) atoms. The molecule has 0 bridgehead atoms. The molecule has 1 unspecified atom stereocenters. The van der Waals surface area contributed by atoms with Crippen LogP contribution >= 0.6 is 0 Å². The Morgan fingerprint density at radius 3 is 2.41 bits per heavy atom. The van der Waals surface area contributed by atoms with Crippen LogP contribution in [-0.2, 0) is 14.6 Å². The van der Waals surface area contributed by atoms with Crippen LogP contribution < -0.4 is 4.90 Å². The molecule has 2 amide bonds. The number of rotatable bonds is 3. The molecule has 1 atom stereocenters. The molecule has 3 aliphatic heterocycles. The number of amides is 2. The zero-order valence-corrected chi connectivity index (χ0v) is 16.2. The van der Waals surface area contributed by atoms with E-state index in [4.69, 9.17) is 0 Å². The minimum atomic E-state index is -2.90.